The molecule has 1 aromatic heterocycles. The third-order valence-electron chi connectivity index (χ3n) is 4.41. The van der Waals surface area contributed by atoms with E-state index in [1.165, 1.54) is 6.07 Å². The summed E-state index contributed by atoms with van der Waals surface area (Å²) in [5, 5.41) is 0. The Morgan fingerprint density at radius 1 is 1.14 bits per heavy atom. The van der Waals surface area contributed by atoms with Gasteiger partial charge in [-0.1, -0.05) is 24.8 Å². The Labute approximate surface area is 170 Å². The summed E-state index contributed by atoms with van der Waals surface area (Å²) in [4.78, 5) is 13.0. The molecule has 6 heteroatoms. The standard InChI is InChI=1S/C22H18BrF2NO2/c1-4-15-6-5-13(2)19(10-15)26-14(3)9-20(21(23)22(26)27)28-12-16-7-8-17(24)11-18(16)25/h4-11H,1,12H2,2-3H3. The average molecular weight is 446 g/mol. The Hall–Kier alpha value is -2.73. The highest BCUT2D eigenvalue weighted by molar-refractivity contribution is 9.10. The van der Waals surface area contributed by atoms with E-state index in [0.29, 0.717) is 11.4 Å². The maximum atomic E-state index is 13.8. The van der Waals surface area contributed by atoms with Gasteiger partial charge in [0, 0.05) is 23.4 Å². The van der Waals surface area contributed by atoms with Crippen LogP contribution in [0.5, 0.6) is 5.75 Å². The molecule has 3 rings (SSSR count). The molecule has 144 valence electrons. The van der Waals surface area contributed by atoms with Crippen molar-refractivity contribution in [3.63, 3.8) is 0 Å². The van der Waals surface area contributed by atoms with E-state index < -0.39 is 11.6 Å². The molecule has 0 atom stereocenters. The molecule has 0 radical (unpaired) electrons. The topological polar surface area (TPSA) is 31.2 Å². The van der Waals surface area contributed by atoms with Crippen LogP contribution in [0.25, 0.3) is 11.8 Å². The lowest BCUT2D eigenvalue weighted by atomic mass is 10.1. The molecule has 0 aliphatic carbocycles. The number of pyridine rings is 1. The molecule has 0 unspecified atom stereocenters. The van der Waals surface area contributed by atoms with Crippen LogP contribution in [0.1, 0.15) is 22.4 Å². The van der Waals surface area contributed by atoms with E-state index in [4.69, 9.17) is 4.74 Å². The number of ether oxygens (including phenoxy) is 1. The van der Waals surface area contributed by atoms with E-state index in [1.54, 1.807) is 23.6 Å². The molecule has 0 aliphatic heterocycles. The van der Waals surface area contributed by atoms with Crippen LogP contribution in [0.15, 0.2) is 58.3 Å². The number of aromatic nitrogens is 1. The fourth-order valence-electron chi connectivity index (χ4n) is 2.87. The average Bonchev–Trinajstić information content (AvgIpc) is 2.66. The van der Waals surface area contributed by atoms with Gasteiger partial charge in [-0.2, -0.15) is 0 Å². The monoisotopic (exact) mass is 445 g/mol. The van der Waals surface area contributed by atoms with Crippen molar-refractivity contribution in [2.45, 2.75) is 20.5 Å². The minimum Gasteiger partial charge on any atom is -0.487 e. The third kappa shape index (κ3) is 3.92. The van der Waals surface area contributed by atoms with Crippen LogP contribution in [0.4, 0.5) is 8.78 Å². The summed E-state index contributed by atoms with van der Waals surface area (Å²) in [6.45, 7) is 7.35. The van der Waals surface area contributed by atoms with Gasteiger partial charge in [-0.3, -0.25) is 9.36 Å². The molecule has 0 aliphatic rings. The van der Waals surface area contributed by atoms with Crippen LogP contribution in [-0.4, -0.2) is 4.57 Å². The summed E-state index contributed by atoms with van der Waals surface area (Å²) < 4.78 is 34.3. The van der Waals surface area contributed by atoms with Crippen molar-refractivity contribution < 1.29 is 13.5 Å². The lowest BCUT2D eigenvalue weighted by Gasteiger charge is -2.17. The Morgan fingerprint density at radius 2 is 1.89 bits per heavy atom. The maximum absolute atomic E-state index is 13.8. The molecule has 0 N–H and O–H groups in total. The van der Waals surface area contributed by atoms with Crippen molar-refractivity contribution in [1.82, 2.24) is 4.57 Å². The van der Waals surface area contributed by atoms with E-state index in [0.717, 1.165) is 28.9 Å². The summed E-state index contributed by atoms with van der Waals surface area (Å²) in [7, 11) is 0. The van der Waals surface area contributed by atoms with Crippen molar-refractivity contribution in [3.8, 4) is 11.4 Å². The van der Waals surface area contributed by atoms with Crippen molar-refractivity contribution in [3.05, 3.63) is 97.9 Å². The van der Waals surface area contributed by atoms with Gasteiger partial charge >= 0.3 is 0 Å². The van der Waals surface area contributed by atoms with Crippen molar-refractivity contribution in [1.29, 1.82) is 0 Å². The van der Waals surface area contributed by atoms with Crippen LogP contribution in [0.3, 0.4) is 0 Å². The fraction of sp³-hybridized carbons (Fsp3) is 0.136. The molecule has 0 spiro atoms. The Balaban J connectivity index is 1.99. The quantitative estimate of drug-likeness (QED) is 0.502. The maximum Gasteiger partial charge on any atom is 0.273 e. The number of benzene rings is 2. The minimum atomic E-state index is -0.696. The second-order valence-electron chi connectivity index (χ2n) is 6.38. The molecule has 0 saturated carbocycles. The second-order valence-corrected chi connectivity index (χ2v) is 7.17. The normalized spacial score (nSPS) is 10.8. The smallest absolute Gasteiger partial charge is 0.273 e. The first-order valence-corrected chi connectivity index (χ1v) is 9.33. The number of hydrogen-bond donors (Lipinski definition) is 0. The third-order valence-corrected chi connectivity index (χ3v) is 5.14. The van der Waals surface area contributed by atoms with Crippen LogP contribution in [0, 0.1) is 25.5 Å². The second kappa shape index (κ2) is 8.10. The molecule has 0 bridgehead atoms. The largest absolute Gasteiger partial charge is 0.487 e. The molecular formula is C22H18BrF2NO2. The number of halogens is 3. The minimum absolute atomic E-state index is 0.126. The van der Waals surface area contributed by atoms with Crippen LogP contribution >= 0.6 is 15.9 Å². The summed E-state index contributed by atoms with van der Waals surface area (Å²) in [6, 6.07) is 10.7. The molecule has 3 aromatic rings. The summed E-state index contributed by atoms with van der Waals surface area (Å²) >= 11 is 3.29. The summed E-state index contributed by atoms with van der Waals surface area (Å²) in [5.41, 5.74) is 3.15. The highest BCUT2D eigenvalue weighted by Gasteiger charge is 2.16. The van der Waals surface area contributed by atoms with Crippen molar-refractivity contribution >= 4 is 22.0 Å². The van der Waals surface area contributed by atoms with E-state index in [1.807, 2.05) is 25.1 Å². The summed E-state index contributed by atoms with van der Waals surface area (Å²) in [5.74, 6) is -1.06. The lowest BCUT2D eigenvalue weighted by molar-refractivity contribution is 0.296. The van der Waals surface area contributed by atoms with Gasteiger partial charge in [0.2, 0.25) is 0 Å². The first kappa shape index (κ1) is 20.0. The predicted octanol–water partition coefficient (Wildman–Crippen LogP) is 5.72. The zero-order chi connectivity index (χ0) is 20.4. The van der Waals surface area contributed by atoms with Gasteiger partial charge in [0.1, 0.15) is 28.5 Å². The van der Waals surface area contributed by atoms with Crippen LogP contribution in [0.2, 0.25) is 0 Å². The molecule has 1 heterocycles. The van der Waals surface area contributed by atoms with Gasteiger partial charge in [0.05, 0.1) is 5.69 Å². The van der Waals surface area contributed by atoms with Gasteiger partial charge in [0.25, 0.3) is 5.56 Å². The van der Waals surface area contributed by atoms with E-state index in [-0.39, 0.29) is 22.2 Å². The van der Waals surface area contributed by atoms with Crippen LogP contribution in [-0.2, 0) is 6.61 Å². The first-order chi connectivity index (χ1) is 13.3. The number of hydrogen-bond acceptors (Lipinski definition) is 2. The molecule has 0 amide bonds. The van der Waals surface area contributed by atoms with Gasteiger partial charge in [-0.25, -0.2) is 8.78 Å². The number of aryl methyl sites for hydroxylation is 2. The molecule has 28 heavy (non-hydrogen) atoms. The van der Waals surface area contributed by atoms with E-state index in [2.05, 4.69) is 22.5 Å². The zero-order valence-electron chi connectivity index (χ0n) is 15.4. The van der Waals surface area contributed by atoms with Gasteiger partial charge in [0.15, 0.2) is 0 Å². The Kier molecular flexibility index (Phi) is 5.79. The summed E-state index contributed by atoms with van der Waals surface area (Å²) in [6.07, 6.45) is 1.72. The van der Waals surface area contributed by atoms with Gasteiger partial charge < -0.3 is 4.74 Å². The molecule has 3 nitrogen and oxygen atoms in total. The van der Waals surface area contributed by atoms with E-state index >= 15 is 0 Å². The van der Waals surface area contributed by atoms with Gasteiger partial charge in [-0.05, 0) is 59.1 Å². The zero-order valence-corrected chi connectivity index (χ0v) is 17.0. The Morgan fingerprint density at radius 3 is 2.57 bits per heavy atom. The predicted molar refractivity (Wildman–Crippen MR) is 110 cm³/mol. The Bertz CT molecular complexity index is 1120. The van der Waals surface area contributed by atoms with Crippen LogP contribution < -0.4 is 10.3 Å². The fourth-order valence-corrected chi connectivity index (χ4v) is 3.28. The molecule has 0 saturated heterocycles. The first-order valence-electron chi connectivity index (χ1n) is 8.54. The molecule has 2 aromatic carbocycles. The van der Waals surface area contributed by atoms with Crippen molar-refractivity contribution in [2.24, 2.45) is 0 Å². The molecular weight excluding hydrogens is 428 g/mol. The van der Waals surface area contributed by atoms with Gasteiger partial charge in [-0.15, -0.1) is 0 Å². The highest BCUT2D eigenvalue weighted by Crippen LogP contribution is 2.26. The van der Waals surface area contributed by atoms with Crippen molar-refractivity contribution in [2.75, 3.05) is 0 Å². The van der Waals surface area contributed by atoms with E-state index in [9.17, 15) is 13.6 Å². The number of nitrogens with zero attached hydrogens (tertiary/aromatic N) is 1. The highest BCUT2D eigenvalue weighted by atomic mass is 79.9. The number of rotatable bonds is 5. The SMILES string of the molecule is C=Cc1ccc(C)c(-n2c(C)cc(OCc3ccc(F)cc3F)c(Br)c2=O)c1. The lowest BCUT2D eigenvalue weighted by Crippen LogP contribution is -2.23. The molecule has 0 fully saturated rings.